The van der Waals surface area contributed by atoms with E-state index < -0.39 is 0 Å². The number of hydrogen-bond donors (Lipinski definition) is 0. The first-order valence-electron chi connectivity index (χ1n) is 10.6. The summed E-state index contributed by atoms with van der Waals surface area (Å²) < 4.78 is 16.5. The van der Waals surface area contributed by atoms with Gasteiger partial charge in [-0.25, -0.2) is 0 Å². The molecule has 0 saturated carbocycles. The van der Waals surface area contributed by atoms with Crippen LogP contribution in [0.5, 0.6) is 11.5 Å². The summed E-state index contributed by atoms with van der Waals surface area (Å²) in [5.41, 5.74) is 0.533. The number of carbonyl (C=O) groups is 1. The number of carbonyl (C=O) groups excluding carboxylic acids is 1. The van der Waals surface area contributed by atoms with E-state index >= 15 is 0 Å². The minimum Gasteiger partial charge on any atom is -0.486 e. The summed E-state index contributed by atoms with van der Waals surface area (Å²) in [6.07, 6.45) is 1.67. The summed E-state index contributed by atoms with van der Waals surface area (Å²) >= 11 is 7.89. The lowest BCUT2D eigenvalue weighted by Crippen LogP contribution is -2.48. The van der Waals surface area contributed by atoms with Crippen LogP contribution in [0.4, 0.5) is 0 Å². The maximum Gasteiger partial charge on any atom is 0.254 e. The Morgan fingerprint density at radius 1 is 1.16 bits per heavy atom. The zero-order valence-electron chi connectivity index (χ0n) is 17.5. The van der Waals surface area contributed by atoms with Gasteiger partial charge in [0.1, 0.15) is 13.2 Å². The van der Waals surface area contributed by atoms with E-state index in [-0.39, 0.29) is 5.91 Å². The third-order valence-electron chi connectivity index (χ3n) is 5.58. The molecule has 0 aliphatic carbocycles. The van der Waals surface area contributed by atoms with Gasteiger partial charge in [0.15, 0.2) is 11.5 Å². The number of benzene rings is 1. The molecule has 2 aliphatic rings. The summed E-state index contributed by atoms with van der Waals surface area (Å²) in [6, 6.07) is 7.35. The van der Waals surface area contributed by atoms with Crippen molar-refractivity contribution in [1.82, 2.24) is 19.9 Å². The maximum absolute atomic E-state index is 13.0. The van der Waals surface area contributed by atoms with E-state index in [1.807, 2.05) is 22.4 Å². The second-order valence-electron chi connectivity index (χ2n) is 7.71. The van der Waals surface area contributed by atoms with Gasteiger partial charge in [-0.1, -0.05) is 22.8 Å². The second-order valence-corrected chi connectivity index (χ2v) is 9.06. The van der Waals surface area contributed by atoms with Crippen LogP contribution in [0.2, 0.25) is 5.02 Å². The molecule has 4 heterocycles. The number of aromatic nitrogens is 2. The first-order chi connectivity index (χ1) is 15.7. The molecule has 10 heteroatoms. The molecule has 1 aromatic carbocycles. The molecule has 0 atom stereocenters. The molecule has 0 unspecified atom stereocenters. The lowest BCUT2D eigenvalue weighted by Gasteiger charge is -2.35. The molecule has 168 valence electrons. The fourth-order valence-electron chi connectivity index (χ4n) is 3.91. The normalized spacial score (nSPS) is 16.3. The van der Waals surface area contributed by atoms with Gasteiger partial charge in [0.2, 0.25) is 11.7 Å². The van der Waals surface area contributed by atoms with Crippen molar-refractivity contribution in [3.05, 3.63) is 46.1 Å². The molecule has 0 N–H and O–H groups in total. The number of rotatable bonds is 6. The highest BCUT2D eigenvalue weighted by Gasteiger charge is 2.25. The molecule has 5 rings (SSSR count). The van der Waals surface area contributed by atoms with Crippen molar-refractivity contribution < 1.29 is 18.8 Å². The quantitative estimate of drug-likeness (QED) is 0.539. The Morgan fingerprint density at radius 3 is 2.81 bits per heavy atom. The van der Waals surface area contributed by atoms with Crippen LogP contribution in [0.1, 0.15) is 22.7 Å². The fourth-order valence-corrected chi connectivity index (χ4v) is 4.82. The van der Waals surface area contributed by atoms with E-state index in [1.165, 1.54) is 0 Å². The third-order valence-corrected chi connectivity index (χ3v) is 6.72. The number of piperazine rings is 1. The number of thiophene rings is 1. The summed E-state index contributed by atoms with van der Waals surface area (Å²) in [5.74, 6) is 2.34. The van der Waals surface area contributed by atoms with Crippen LogP contribution < -0.4 is 9.47 Å². The van der Waals surface area contributed by atoms with Crippen LogP contribution in [-0.4, -0.2) is 71.8 Å². The fraction of sp³-hybridized carbons (Fsp3) is 0.409. The van der Waals surface area contributed by atoms with Crippen molar-refractivity contribution in [2.75, 3.05) is 45.9 Å². The molecule has 0 radical (unpaired) electrons. The number of amides is 1. The maximum atomic E-state index is 13.0. The summed E-state index contributed by atoms with van der Waals surface area (Å²) in [5, 5.41) is 6.46. The van der Waals surface area contributed by atoms with Crippen molar-refractivity contribution in [2.24, 2.45) is 0 Å². The van der Waals surface area contributed by atoms with Gasteiger partial charge in [-0.3, -0.25) is 9.69 Å². The summed E-state index contributed by atoms with van der Waals surface area (Å²) in [4.78, 5) is 22.7. The molecule has 1 fully saturated rings. The first kappa shape index (κ1) is 21.2. The molecule has 8 nitrogen and oxygen atoms in total. The van der Waals surface area contributed by atoms with Gasteiger partial charge < -0.3 is 18.9 Å². The lowest BCUT2D eigenvalue weighted by atomic mass is 10.1. The molecular weight excluding hydrogens is 452 g/mol. The molecule has 3 aromatic rings. The SMILES string of the molecule is O=C(c1cc(Cl)c2c(c1)OCCO2)N1CCN(CCCc2nc(-c3cccs3)no2)CC1. The van der Waals surface area contributed by atoms with Crippen molar-refractivity contribution in [3.63, 3.8) is 0 Å². The Balaban J connectivity index is 1.10. The van der Waals surface area contributed by atoms with Gasteiger partial charge in [-0.15, -0.1) is 11.3 Å². The van der Waals surface area contributed by atoms with E-state index in [2.05, 4.69) is 15.0 Å². The predicted molar refractivity (Wildman–Crippen MR) is 121 cm³/mol. The van der Waals surface area contributed by atoms with Crippen molar-refractivity contribution in [1.29, 1.82) is 0 Å². The smallest absolute Gasteiger partial charge is 0.254 e. The Labute approximate surface area is 194 Å². The number of fused-ring (bicyclic) bond motifs is 1. The summed E-state index contributed by atoms with van der Waals surface area (Å²) in [6.45, 7) is 4.85. The second kappa shape index (κ2) is 9.48. The average Bonchev–Trinajstić information content (AvgIpc) is 3.51. The van der Waals surface area contributed by atoms with E-state index in [0.717, 1.165) is 37.4 Å². The molecule has 2 aliphatic heterocycles. The molecule has 0 spiro atoms. The Hall–Kier alpha value is -2.62. The molecule has 32 heavy (non-hydrogen) atoms. The van der Waals surface area contributed by atoms with E-state index in [0.29, 0.717) is 60.1 Å². The van der Waals surface area contributed by atoms with Crippen molar-refractivity contribution >= 4 is 28.8 Å². The number of hydrogen-bond acceptors (Lipinski definition) is 8. The van der Waals surface area contributed by atoms with Crippen LogP contribution in [0.25, 0.3) is 10.7 Å². The Kier molecular flexibility index (Phi) is 6.29. The van der Waals surface area contributed by atoms with Crippen LogP contribution in [0.15, 0.2) is 34.2 Å². The van der Waals surface area contributed by atoms with Crippen LogP contribution >= 0.6 is 22.9 Å². The summed E-state index contributed by atoms with van der Waals surface area (Å²) in [7, 11) is 0. The monoisotopic (exact) mass is 474 g/mol. The van der Waals surface area contributed by atoms with E-state index in [1.54, 1.807) is 23.5 Å². The first-order valence-corrected chi connectivity index (χ1v) is 11.9. The van der Waals surface area contributed by atoms with Crippen LogP contribution in [0, 0.1) is 0 Å². The molecular formula is C22H23ClN4O4S. The zero-order valence-corrected chi connectivity index (χ0v) is 19.0. The zero-order chi connectivity index (χ0) is 21.9. The number of aryl methyl sites for hydroxylation is 1. The Morgan fingerprint density at radius 2 is 2.00 bits per heavy atom. The highest BCUT2D eigenvalue weighted by molar-refractivity contribution is 7.13. The number of halogens is 1. The highest BCUT2D eigenvalue weighted by Crippen LogP contribution is 2.38. The largest absolute Gasteiger partial charge is 0.486 e. The Bertz CT molecular complexity index is 1080. The average molecular weight is 475 g/mol. The van der Waals surface area contributed by atoms with E-state index in [4.69, 9.17) is 25.6 Å². The lowest BCUT2D eigenvalue weighted by molar-refractivity contribution is 0.0634. The minimum absolute atomic E-state index is 0.0320. The van der Waals surface area contributed by atoms with Gasteiger partial charge in [-0.2, -0.15) is 4.98 Å². The third kappa shape index (κ3) is 4.60. The topological polar surface area (TPSA) is 80.9 Å². The van der Waals surface area contributed by atoms with Gasteiger partial charge in [0.05, 0.1) is 9.90 Å². The minimum atomic E-state index is -0.0320. The molecule has 1 amide bonds. The number of nitrogens with zero attached hydrogens (tertiary/aromatic N) is 4. The van der Waals surface area contributed by atoms with Gasteiger partial charge >= 0.3 is 0 Å². The highest BCUT2D eigenvalue weighted by atomic mass is 35.5. The van der Waals surface area contributed by atoms with E-state index in [9.17, 15) is 4.79 Å². The van der Waals surface area contributed by atoms with Gasteiger partial charge in [0.25, 0.3) is 5.91 Å². The van der Waals surface area contributed by atoms with Gasteiger partial charge in [0, 0.05) is 38.2 Å². The van der Waals surface area contributed by atoms with Crippen molar-refractivity contribution in [2.45, 2.75) is 12.8 Å². The number of ether oxygens (including phenoxy) is 2. The molecule has 0 bridgehead atoms. The standard InChI is InChI=1S/C22H23ClN4O4S/c23-16-13-15(14-17-20(16)30-11-10-29-17)22(28)27-8-6-26(7-9-27)5-1-4-19-24-21(25-31-19)18-3-2-12-32-18/h2-3,12-14H,1,4-11H2. The molecule has 1 saturated heterocycles. The van der Waals surface area contributed by atoms with Crippen molar-refractivity contribution in [3.8, 4) is 22.2 Å². The molecule has 2 aromatic heterocycles. The predicted octanol–water partition coefficient (Wildman–Crippen LogP) is 3.61. The van der Waals surface area contributed by atoms with Gasteiger partial charge in [-0.05, 0) is 36.5 Å². The van der Waals surface area contributed by atoms with Crippen LogP contribution in [0.3, 0.4) is 0 Å². The van der Waals surface area contributed by atoms with Crippen LogP contribution in [-0.2, 0) is 6.42 Å².